The number of halogens is 1. The summed E-state index contributed by atoms with van der Waals surface area (Å²) in [5.41, 5.74) is 2.98. The lowest BCUT2D eigenvalue weighted by Gasteiger charge is -2.39. The Morgan fingerprint density at radius 3 is 2.59 bits per heavy atom. The highest BCUT2D eigenvalue weighted by Crippen LogP contribution is 2.39. The molecule has 4 heterocycles. The van der Waals surface area contributed by atoms with Crippen LogP contribution in [0.1, 0.15) is 58.3 Å². The molecule has 3 amide bonds. The van der Waals surface area contributed by atoms with Crippen LogP contribution in [0.5, 0.6) is 0 Å². The number of carbonyl (C=O) groups excluding carboxylic acids is 3. The molecular weight excluding hydrogens is 525 g/mol. The second-order valence-corrected chi connectivity index (χ2v) is 11.5. The number of aromatic amines is 1. The molecule has 0 spiro atoms. The van der Waals surface area contributed by atoms with Crippen molar-refractivity contribution in [2.24, 2.45) is 5.92 Å². The Hall–Kier alpha value is -3.86. The second kappa shape index (κ2) is 11.9. The van der Waals surface area contributed by atoms with Crippen molar-refractivity contribution >= 4 is 28.8 Å². The number of hydrogen-bond acceptors (Lipinski definition) is 6. The van der Waals surface area contributed by atoms with Gasteiger partial charge in [-0.2, -0.15) is 0 Å². The number of hydrogen-bond donors (Lipinski definition) is 3. The minimum atomic E-state index is -0.876. The molecule has 218 valence electrons. The van der Waals surface area contributed by atoms with Crippen LogP contribution in [0.15, 0.2) is 36.7 Å². The molecule has 11 heteroatoms. The maximum atomic E-state index is 14.2. The molecule has 2 aliphatic heterocycles. The molecule has 0 unspecified atom stereocenters. The fourth-order valence-electron chi connectivity index (χ4n) is 5.83. The van der Waals surface area contributed by atoms with E-state index >= 15 is 0 Å². The van der Waals surface area contributed by atoms with Gasteiger partial charge in [-0.25, -0.2) is 9.37 Å². The van der Waals surface area contributed by atoms with Gasteiger partial charge in [-0.3, -0.25) is 19.4 Å². The van der Waals surface area contributed by atoms with E-state index in [1.807, 2.05) is 18.7 Å². The quantitative estimate of drug-likeness (QED) is 0.406. The average molecular weight is 564 g/mol. The molecule has 3 aromatic rings. The van der Waals surface area contributed by atoms with E-state index in [0.717, 1.165) is 23.1 Å². The molecule has 2 aromatic heterocycles. The van der Waals surface area contributed by atoms with Crippen LogP contribution < -0.4 is 10.6 Å². The number of pyridine rings is 1. The van der Waals surface area contributed by atoms with E-state index in [4.69, 9.17) is 4.98 Å². The third kappa shape index (κ3) is 5.95. The summed E-state index contributed by atoms with van der Waals surface area (Å²) in [6.45, 7) is 6.36. The summed E-state index contributed by atoms with van der Waals surface area (Å²) in [5, 5.41) is 5.83. The minimum Gasteiger partial charge on any atom is -0.341 e. The molecule has 1 aromatic carbocycles. The Morgan fingerprint density at radius 2 is 1.88 bits per heavy atom. The maximum Gasteiger partial charge on any atom is 0.247 e. The molecule has 10 nitrogen and oxygen atoms in total. The van der Waals surface area contributed by atoms with Crippen molar-refractivity contribution < 1.29 is 18.8 Å². The first-order valence-corrected chi connectivity index (χ1v) is 14.3. The number of aromatic nitrogens is 3. The van der Waals surface area contributed by atoms with Gasteiger partial charge < -0.3 is 25.4 Å². The first kappa shape index (κ1) is 28.7. The van der Waals surface area contributed by atoms with E-state index in [1.54, 1.807) is 43.4 Å². The molecule has 0 bridgehead atoms. The molecule has 0 saturated carbocycles. The van der Waals surface area contributed by atoms with Crippen LogP contribution in [0, 0.1) is 11.7 Å². The first-order chi connectivity index (χ1) is 19.7. The molecule has 3 N–H and O–H groups in total. The monoisotopic (exact) mass is 563 g/mol. The number of likely N-dealkylation sites (N-methyl/N-ethyl adjacent to an activating group) is 1. The predicted octanol–water partition coefficient (Wildman–Crippen LogP) is 3.17. The van der Waals surface area contributed by atoms with Gasteiger partial charge in [0.25, 0.3) is 0 Å². The highest BCUT2D eigenvalue weighted by Gasteiger charge is 2.44. The Labute approximate surface area is 239 Å². The molecule has 0 aliphatic carbocycles. The van der Waals surface area contributed by atoms with Crippen molar-refractivity contribution in [2.45, 2.75) is 70.6 Å². The molecule has 4 atom stereocenters. The van der Waals surface area contributed by atoms with Gasteiger partial charge in [0.1, 0.15) is 17.7 Å². The summed E-state index contributed by atoms with van der Waals surface area (Å²) in [4.78, 5) is 56.4. The van der Waals surface area contributed by atoms with Crippen molar-refractivity contribution in [3.63, 3.8) is 0 Å². The first-order valence-electron chi connectivity index (χ1n) is 14.3. The molecule has 41 heavy (non-hydrogen) atoms. The topological polar surface area (TPSA) is 123 Å². The highest BCUT2D eigenvalue weighted by atomic mass is 19.1. The van der Waals surface area contributed by atoms with Crippen LogP contribution in [-0.4, -0.2) is 80.7 Å². The Kier molecular flexibility index (Phi) is 8.35. The zero-order chi connectivity index (χ0) is 29.3. The Balaban J connectivity index is 1.47. The fraction of sp³-hybridized carbons (Fsp3) is 0.500. The molecule has 5 rings (SSSR count). The lowest BCUT2D eigenvalue weighted by molar-refractivity contribution is -0.144. The number of nitrogens with one attached hydrogen (secondary N) is 3. The predicted molar refractivity (Wildman–Crippen MR) is 153 cm³/mol. The maximum absolute atomic E-state index is 14.2. The number of benzene rings is 1. The summed E-state index contributed by atoms with van der Waals surface area (Å²) in [6, 6.07) is 4.41. The highest BCUT2D eigenvalue weighted by molar-refractivity contribution is 5.92. The number of carbonyl (C=O) groups is 3. The third-order valence-electron chi connectivity index (χ3n) is 8.15. The second-order valence-electron chi connectivity index (χ2n) is 11.5. The van der Waals surface area contributed by atoms with Crippen LogP contribution in [-0.2, 0) is 14.4 Å². The standard InChI is InChI=1S/C30H38FN7O3/c1-17(2)13-26(39)37-12-11-21-9-10-25(38(21)30(41)24(16-37)35-29(40)18(3)32-4)28-34-23-15-33-14-22(27(23)36-28)19-5-7-20(31)8-6-19/h5-8,14-15,17-18,21,24-25,32H,9-13,16H2,1-4H3,(H,34,36)(H,35,40)/t18-,21+,24-,25-/m0/s1. The summed E-state index contributed by atoms with van der Waals surface area (Å²) in [7, 11) is 1.69. The van der Waals surface area contributed by atoms with Gasteiger partial charge in [-0.15, -0.1) is 0 Å². The van der Waals surface area contributed by atoms with Gasteiger partial charge in [0.05, 0.1) is 29.3 Å². The SMILES string of the molecule is CN[C@@H](C)C(=O)N[C@H]1CN(C(=O)CC(C)C)CC[C@H]2CC[C@@H](c3nc4c(-c5ccc(F)cc5)cncc4[nH]3)N2C1=O. The normalized spacial score (nSPS) is 22.0. The molecule has 2 aliphatic rings. The lowest BCUT2D eigenvalue weighted by Crippen LogP contribution is -2.60. The number of fused-ring (bicyclic) bond motifs is 2. The van der Waals surface area contributed by atoms with Crippen LogP contribution in [0.4, 0.5) is 4.39 Å². The van der Waals surface area contributed by atoms with Crippen LogP contribution in [0.2, 0.25) is 0 Å². The van der Waals surface area contributed by atoms with Crippen LogP contribution in [0.3, 0.4) is 0 Å². The number of rotatable bonds is 7. The minimum absolute atomic E-state index is 0.00480. The lowest BCUT2D eigenvalue weighted by atomic mass is 10.0. The summed E-state index contributed by atoms with van der Waals surface area (Å²) < 4.78 is 13.6. The zero-order valence-corrected chi connectivity index (χ0v) is 24.0. The largest absolute Gasteiger partial charge is 0.341 e. The van der Waals surface area contributed by atoms with Crippen molar-refractivity contribution in [3.8, 4) is 11.1 Å². The van der Waals surface area contributed by atoms with Gasteiger partial charge in [-0.05, 0) is 56.8 Å². The molecular formula is C30H38FN7O3. The summed E-state index contributed by atoms with van der Waals surface area (Å²) in [5.74, 6) is 0.00133. The number of imidazole rings is 1. The van der Waals surface area contributed by atoms with Gasteiger partial charge in [0.15, 0.2) is 0 Å². The van der Waals surface area contributed by atoms with Gasteiger partial charge in [0.2, 0.25) is 17.7 Å². The summed E-state index contributed by atoms with van der Waals surface area (Å²) >= 11 is 0. The van der Waals surface area contributed by atoms with Gasteiger partial charge in [-0.1, -0.05) is 26.0 Å². The van der Waals surface area contributed by atoms with Crippen LogP contribution >= 0.6 is 0 Å². The smallest absolute Gasteiger partial charge is 0.247 e. The van der Waals surface area contributed by atoms with E-state index in [1.165, 1.54) is 12.1 Å². The van der Waals surface area contributed by atoms with Crippen molar-refractivity contribution in [1.29, 1.82) is 0 Å². The number of nitrogens with zero attached hydrogens (tertiary/aromatic N) is 4. The Morgan fingerprint density at radius 1 is 1.12 bits per heavy atom. The van der Waals surface area contributed by atoms with Gasteiger partial charge >= 0.3 is 0 Å². The van der Waals surface area contributed by atoms with E-state index < -0.39 is 12.1 Å². The Bertz CT molecular complexity index is 1420. The van der Waals surface area contributed by atoms with Crippen LogP contribution in [0.25, 0.3) is 22.2 Å². The summed E-state index contributed by atoms with van der Waals surface area (Å²) in [6.07, 6.45) is 5.90. The van der Waals surface area contributed by atoms with Gasteiger partial charge in [0, 0.05) is 37.3 Å². The molecule has 0 radical (unpaired) electrons. The number of amides is 3. The third-order valence-corrected chi connectivity index (χ3v) is 8.15. The number of H-pyrrole nitrogens is 1. The van der Waals surface area contributed by atoms with Crippen molar-refractivity contribution in [1.82, 2.24) is 35.4 Å². The van der Waals surface area contributed by atoms with Crippen molar-refractivity contribution in [2.75, 3.05) is 20.1 Å². The van der Waals surface area contributed by atoms with Crippen molar-refractivity contribution in [3.05, 3.63) is 48.3 Å². The van der Waals surface area contributed by atoms with E-state index in [-0.39, 0.29) is 48.1 Å². The van der Waals surface area contributed by atoms with E-state index in [9.17, 15) is 18.8 Å². The average Bonchev–Trinajstić information content (AvgIpc) is 3.57. The molecule has 2 saturated heterocycles. The zero-order valence-electron chi connectivity index (χ0n) is 24.0. The fourth-order valence-corrected chi connectivity index (χ4v) is 5.83. The van der Waals surface area contributed by atoms with E-state index in [0.29, 0.717) is 37.1 Å². The molecule has 2 fully saturated rings. The van der Waals surface area contributed by atoms with E-state index in [2.05, 4.69) is 20.6 Å².